The Kier molecular flexibility index (Phi) is 6.40. The summed E-state index contributed by atoms with van der Waals surface area (Å²) in [4.78, 5) is 42.3. The van der Waals surface area contributed by atoms with Gasteiger partial charge in [-0.25, -0.2) is 0 Å². The molecule has 3 atom stereocenters. The van der Waals surface area contributed by atoms with Gasteiger partial charge in [-0.2, -0.15) is 0 Å². The standard InChI is InChI=1S/C27H33N3O5/c1-17-22-12-25(35-3)24(34-2)10-19(22)7-8-29(17)27(33)11-21(31)16-28-13-18-9-20(15-28)23-5-4-6-26(32)30(23)14-18/h4-6,10,12,17-18,20H,7-9,11,13-16H2,1-3H3/t17-,18-,20+/m0/s1. The summed E-state index contributed by atoms with van der Waals surface area (Å²) >= 11 is 0. The second kappa shape index (κ2) is 9.49. The molecule has 1 saturated heterocycles. The lowest BCUT2D eigenvalue weighted by Gasteiger charge is -2.42. The van der Waals surface area contributed by atoms with Gasteiger partial charge in [0, 0.05) is 43.9 Å². The van der Waals surface area contributed by atoms with E-state index in [2.05, 4.69) is 4.90 Å². The smallest absolute Gasteiger partial charge is 0.250 e. The second-order valence-electron chi connectivity index (χ2n) is 10.0. The summed E-state index contributed by atoms with van der Waals surface area (Å²) in [6, 6.07) is 9.25. The molecule has 0 spiro atoms. The fourth-order valence-electron chi connectivity index (χ4n) is 6.19. The van der Waals surface area contributed by atoms with E-state index in [1.807, 2.05) is 35.8 Å². The summed E-state index contributed by atoms with van der Waals surface area (Å²) in [6.45, 7) is 5.09. The SMILES string of the molecule is COc1cc2c(cc1OC)[C@H](C)N(C(=O)CC(=O)CN1C[C@@H]3C[C@H](C1)c1cccc(=O)n1C3)CC2. The Morgan fingerprint density at radius 1 is 1.06 bits per heavy atom. The number of hydrogen-bond acceptors (Lipinski definition) is 6. The molecule has 2 aromatic rings. The maximum Gasteiger partial charge on any atom is 0.250 e. The fraction of sp³-hybridized carbons (Fsp3) is 0.519. The monoisotopic (exact) mass is 479 g/mol. The Morgan fingerprint density at radius 3 is 2.60 bits per heavy atom. The number of carbonyl (C=O) groups excluding carboxylic acids is 2. The van der Waals surface area contributed by atoms with Crippen LogP contribution < -0.4 is 15.0 Å². The number of ether oxygens (including phenoxy) is 2. The molecule has 35 heavy (non-hydrogen) atoms. The quantitative estimate of drug-likeness (QED) is 0.592. The number of Topliss-reactive ketones (excluding diaryl/α,β-unsaturated/α-hetero) is 1. The number of rotatable bonds is 6. The Bertz CT molecular complexity index is 1210. The molecule has 186 valence electrons. The number of methoxy groups -OCH3 is 2. The minimum absolute atomic E-state index is 0.0502. The highest BCUT2D eigenvalue weighted by atomic mass is 16.5. The van der Waals surface area contributed by atoms with E-state index in [9.17, 15) is 14.4 Å². The number of fused-ring (bicyclic) bond motifs is 5. The second-order valence-corrected chi connectivity index (χ2v) is 10.0. The van der Waals surface area contributed by atoms with Crippen LogP contribution in [0.3, 0.4) is 0 Å². The predicted molar refractivity (Wildman–Crippen MR) is 131 cm³/mol. The molecule has 3 aliphatic heterocycles. The summed E-state index contributed by atoms with van der Waals surface area (Å²) in [6.07, 6.45) is 1.68. The molecule has 0 radical (unpaired) electrons. The van der Waals surface area contributed by atoms with Crippen LogP contribution in [0.1, 0.15) is 48.5 Å². The number of benzene rings is 1. The van der Waals surface area contributed by atoms with Gasteiger partial charge in [-0.05, 0) is 55.0 Å². The molecule has 3 aliphatic rings. The van der Waals surface area contributed by atoms with Crippen LogP contribution in [-0.4, -0.2) is 66.5 Å². The van der Waals surface area contributed by atoms with Gasteiger partial charge in [0.1, 0.15) is 0 Å². The molecule has 2 bridgehead atoms. The molecule has 0 saturated carbocycles. The molecular weight excluding hydrogens is 446 g/mol. The van der Waals surface area contributed by atoms with Crippen molar-refractivity contribution in [1.29, 1.82) is 0 Å². The van der Waals surface area contributed by atoms with Crippen LogP contribution in [0.4, 0.5) is 0 Å². The molecular formula is C27H33N3O5. The number of pyridine rings is 1. The van der Waals surface area contributed by atoms with Gasteiger partial charge in [0.25, 0.3) is 5.56 Å². The lowest BCUT2D eigenvalue weighted by molar-refractivity contribution is -0.137. The van der Waals surface area contributed by atoms with E-state index in [-0.39, 0.29) is 42.2 Å². The van der Waals surface area contributed by atoms with Crippen LogP contribution in [0.5, 0.6) is 11.5 Å². The Hall–Kier alpha value is -3.13. The first-order valence-corrected chi connectivity index (χ1v) is 12.4. The van der Waals surface area contributed by atoms with Crippen molar-refractivity contribution in [3.05, 3.63) is 57.5 Å². The summed E-state index contributed by atoms with van der Waals surface area (Å²) in [5.74, 6) is 1.76. The zero-order valence-corrected chi connectivity index (χ0v) is 20.7. The third-order valence-corrected chi connectivity index (χ3v) is 7.81. The lowest BCUT2D eigenvalue weighted by atomic mass is 9.83. The van der Waals surface area contributed by atoms with E-state index >= 15 is 0 Å². The molecule has 5 rings (SSSR count). The number of piperidine rings is 1. The fourth-order valence-corrected chi connectivity index (χ4v) is 6.19. The largest absolute Gasteiger partial charge is 0.493 e. The number of likely N-dealkylation sites (tertiary alicyclic amines) is 1. The minimum Gasteiger partial charge on any atom is -0.493 e. The van der Waals surface area contributed by atoms with Gasteiger partial charge >= 0.3 is 0 Å². The van der Waals surface area contributed by atoms with Crippen molar-refractivity contribution in [2.24, 2.45) is 5.92 Å². The molecule has 0 unspecified atom stereocenters. The maximum absolute atomic E-state index is 13.1. The van der Waals surface area contributed by atoms with Crippen molar-refractivity contribution in [3.63, 3.8) is 0 Å². The first kappa shape index (κ1) is 23.6. The number of aromatic nitrogens is 1. The van der Waals surface area contributed by atoms with Gasteiger partial charge < -0.3 is 18.9 Å². The van der Waals surface area contributed by atoms with Crippen molar-refractivity contribution in [2.45, 2.75) is 44.7 Å². The highest BCUT2D eigenvalue weighted by Gasteiger charge is 2.36. The Morgan fingerprint density at radius 2 is 1.83 bits per heavy atom. The van der Waals surface area contributed by atoms with Crippen LogP contribution in [0.25, 0.3) is 0 Å². The Balaban J connectivity index is 1.22. The average Bonchev–Trinajstić information content (AvgIpc) is 2.84. The van der Waals surface area contributed by atoms with E-state index in [1.165, 1.54) is 0 Å². The van der Waals surface area contributed by atoms with Crippen LogP contribution in [0.15, 0.2) is 35.1 Å². The number of amides is 1. The molecule has 4 heterocycles. The van der Waals surface area contributed by atoms with E-state index in [0.717, 1.165) is 36.3 Å². The van der Waals surface area contributed by atoms with E-state index in [0.29, 0.717) is 36.9 Å². The normalized spacial score (nSPS) is 23.3. The first-order valence-electron chi connectivity index (χ1n) is 12.4. The van der Waals surface area contributed by atoms with Gasteiger partial charge in [-0.15, -0.1) is 0 Å². The van der Waals surface area contributed by atoms with Gasteiger partial charge in [0.05, 0.1) is 33.2 Å². The summed E-state index contributed by atoms with van der Waals surface area (Å²) in [5.41, 5.74) is 3.30. The molecule has 0 aliphatic carbocycles. The Labute approximate surface area is 205 Å². The number of hydrogen-bond donors (Lipinski definition) is 0. The third-order valence-electron chi connectivity index (χ3n) is 7.81. The van der Waals surface area contributed by atoms with Crippen LogP contribution in [0, 0.1) is 5.92 Å². The van der Waals surface area contributed by atoms with Crippen molar-refractivity contribution >= 4 is 11.7 Å². The molecule has 8 heteroatoms. The number of ketones is 1. The minimum atomic E-state index is -0.136. The highest BCUT2D eigenvalue weighted by molar-refractivity contribution is 5.99. The summed E-state index contributed by atoms with van der Waals surface area (Å²) in [5, 5.41) is 0. The van der Waals surface area contributed by atoms with Gasteiger partial charge in [-0.1, -0.05) is 6.07 Å². The van der Waals surface area contributed by atoms with Crippen LogP contribution in [-0.2, 0) is 22.6 Å². The van der Waals surface area contributed by atoms with E-state index in [4.69, 9.17) is 9.47 Å². The van der Waals surface area contributed by atoms with Gasteiger partial charge in [-0.3, -0.25) is 19.3 Å². The molecule has 1 amide bonds. The first-order chi connectivity index (χ1) is 16.9. The topological polar surface area (TPSA) is 81.1 Å². The summed E-state index contributed by atoms with van der Waals surface area (Å²) in [7, 11) is 3.22. The van der Waals surface area contributed by atoms with Crippen molar-refractivity contribution in [2.75, 3.05) is 40.4 Å². The van der Waals surface area contributed by atoms with E-state index in [1.54, 1.807) is 25.2 Å². The maximum atomic E-state index is 13.1. The molecule has 1 aromatic heterocycles. The van der Waals surface area contributed by atoms with Crippen molar-refractivity contribution < 1.29 is 19.1 Å². The third kappa shape index (κ3) is 4.47. The molecule has 0 N–H and O–H groups in total. The zero-order valence-electron chi connectivity index (χ0n) is 20.7. The summed E-state index contributed by atoms with van der Waals surface area (Å²) < 4.78 is 12.8. The van der Waals surface area contributed by atoms with Crippen molar-refractivity contribution in [3.8, 4) is 11.5 Å². The molecule has 1 aromatic carbocycles. The van der Waals surface area contributed by atoms with Gasteiger partial charge in [0.15, 0.2) is 17.3 Å². The van der Waals surface area contributed by atoms with Crippen molar-refractivity contribution in [1.82, 2.24) is 14.4 Å². The zero-order chi connectivity index (χ0) is 24.7. The van der Waals surface area contributed by atoms with E-state index < -0.39 is 0 Å². The lowest BCUT2D eigenvalue weighted by Crippen LogP contribution is -2.48. The van der Waals surface area contributed by atoms with Crippen LogP contribution >= 0.6 is 0 Å². The highest BCUT2D eigenvalue weighted by Crippen LogP contribution is 2.38. The number of carbonyl (C=O) groups is 2. The predicted octanol–water partition coefficient (Wildman–Crippen LogP) is 2.39. The molecule has 1 fully saturated rings. The van der Waals surface area contributed by atoms with Crippen LogP contribution in [0.2, 0.25) is 0 Å². The molecule has 8 nitrogen and oxygen atoms in total. The van der Waals surface area contributed by atoms with Gasteiger partial charge in [0.2, 0.25) is 5.91 Å². The number of nitrogens with zero attached hydrogens (tertiary/aromatic N) is 3. The average molecular weight is 480 g/mol.